The van der Waals surface area contributed by atoms with Crippen molar-refractivity contribution in [2.24, 2.45) is 0 Å². The molecule has 98 valence electrons. The van der Waals surface area contributed by atoms with Crippen LogP contribution in [0.25, 0.3) is 0 Å². The summed E-state index contributed by atoms with van der Waals surface area (Å²) in [5, 5.41) is 3.30. The third-order valence-corrected chi connectivity index (χ3v) is 2.92. The van der Waals surface area contributed by atoms with Crippen molar-refractivity contribution in [2.75, 3.05) is 19.7 Å². The van der Waals surface area contributed by atoms with E-state index in [1.54, 1.807) is 19.1 Å². The van der Waals surface area contributed by atoms with Crippen LogP contribution >= 0.6 is 0 Å². The van der Waals surface area contributed by atoms with Crippen molar-refractivity contribution in [3.05, 3.63) is 29.8 Å². The van der Waals surface area contributed by atoms with Gasteiger partial charge in [-0.3, -0.25) is 0 Å². The minimum Gasteiger partial charge on any atom is -0.489 e. The fourth-order valence-corrected chi connectivity index (χ4v) is 2.00. The highest BCUT2D eigenvalue weighted by atomic mass is 16.5. The van der Waals surface area contributed by atoms with Crippen LogP contribution < -0.4 is 10.1 Å². The van der Waals surface area contributed by atoms with Gasteiger partial charge in [0.15, 0.2) is 0 Å². The van der Waals surface area contributed by atoms with Crippen LogP contribution in [0.15, 0.2) is 24.3 Å². The van der Waals surface area contributed by atoms with Crippen molar-refractivity contribution in [3.8, 4) is 5.75 Å². The fraction of sp³-hybridized carbons (Fsp3) is 0.500. The van der Waals surface area contributed by atoms with Gasteiger partial charge in [0.1, 0.15) is 11.9 Å². The highest BCUT2D eigenvalue weighted by molar-refractivity contribution is 5.89. The summed E-state index contributed by atoms with van der Waals surface area (Å²) in [5.41, 5.74) is 0.561. The van der Waals surface area contributed by atoms with Gasteiger partial charge in [-0.05, 0) is 50.6 Å². The van der Waals surface area contributed by atoms with Crippen LogP contribution in [0.3, 0.4) is 0 Å². The Morgan fingerprint density at radius 3 is 2.78 bits per heavy atom. The fourth-order valence-electron chi connectivity index (χ4n) is 2.00. The molecule has 1 aromatic rings. The van der Waals surface area contributed by atoms with Gasteiger partial charge in [-0.2, -0.15) is 0 Å². The molecule has 1 saturated heterocycles. The molecule has 0 spiro atoms. The van der Waals surface area contributed by atoms with E-state index < -0.39 is 0 Å². The Labute approximate surface area is 107 Å². The molecule has 1 N–H and O–H groups in total. The van der Waals surface area contributed by atoms with Crippen LogP contribution in [0, 0.1) is 0 Å². The monoisotopic (exact) mass is 249 g/mol. The van der Waals surface area contributed by atoms with E-state index in [4.69, 9.17) is 9.47 Å². The summed E-state index contributed by atoms with van der Waals surface area (Å²) in [6, 6.07) is 7.12. The summed E-state index contributed by atoms with van der Waals surface area (Å²) in [7, 11) is 0. The van der Waals surface area contributed by atoms with E-state index in [1.807, 2.05) is 12.1 Å². The summed E-state index contributed by atoms with van der Waals surface area (Å²) in [4.78, 5) is 11.5. The molecule has 1 heterocycles. The summed E-state index contributed by atoms with van der Waals surface area (Å²) < 4.78 is 10.8. The van der Waals surface area contributed by atoms with Crippen LogP contribution in [-0.4, -0.2) is 31.8 Å². The maximum atomic E-state index is 11.5. The molecule has 0 bridgehead atoms. The van der Waals surface area contributed by atoms with E-state index in [-0.39, 0.29) is 12.1 Å². The zero-order valence-corrected chi connectivity index (χ0v) is 10.6. The Hall–Kier alpha value is -1.55. The Kier molecular flexibility index (Phi) is 4.59. The molecule has 0 radical (unpaired) electrons. The number of esters is 1. The number of carbonyl (C=O) groups is 1. The summed E-state index contributed by atoms with van der Waals surface area (Å²) in [6.45, 7) is 4.15. The summed E-state index contributed by atoms with van der Waals surface area (Å²) >= 11 is 0. The van der Waals surface area contributed by atoms with Crippen molar-refractivity contribution in [3.63, 3.8) is 0 Å². The van der Waals surface area contributed by atoms with Gasteiger partial charge in [0.2, 0.25) is 0 Å². The number of nitrogens with one attached hydrogen (secondary N) is 1. The number of benzene rings is 1. The van der Waals surface area contributed by atoms with E-state index in [1.165, 1.54) is 0 Å². The van der Waals surface area contributed by atoms with Crippen molar-refractivity contribution in [1.82, 2.24) is 5.32 Å². The Balaban J connectivity index is 1.92. The average molecular weight is 249 g/mol. The quantitative estimate of drug-likeness (QED) is 0.829. The first kappa shape index (κ1) is 12.9. The molecule has 1 aliphatic rings. The van der Waals surface area contributed by atoms with Crippen LogP contribution in [0.1, 0.15) is 30.1 Å². The van der Waals surface area contributed by atoms with Crippen LogP contribution in [0.4, 0.5) is 0 Å². The third-order valence-electron chi connectivity index (χ3n) is 2.92. The summed E-state index contributed by atoms with van der Waals surface area (Å²) in [5.74, 6) is 0.514. The lowest BCUT2D eigenvalue weighted by atomic mass is 10.1. The molecular weight excluding hydrogens is 230 g/mol. The summed E-state index contributed by atoms with van der Waals surface area (Å²) in [6.07, 6.45) is 2.45. The lowest BCUT2D eigenvalue weighted by molar-refractivity contribution is 0.0526. The van der Waals surface area contributed by atoms with Crippen LogP contribution in [0.2, 0.25) is 0 Å². The van der Waals surface area contributed by atoms with Crippen molar-refractivity contribution in [1.29, 1.82) is 0 Å². The van der Waals surface area contributed by atoms with Crippen molar-refractivity contribution in [2.45, 2.75) is 25.9 Å². The molecule has 1 fully saturated rings. The molecule has 4 nitrogen and oxygen atoms in total. The lowest BCUT2D eigenvalue weighted by Gasteiger charge is -2.23. The second kappa shape index (κ2) is 6.40. The van der Waals surface area contributed by atoms with Crippen molar-refractivity contribution >= 4 is 5.97 Å². The SMILES string of the molecule is CCOC(=O)c1ccc(OC2CCCNC2)cc1. The molecule has 18 heavy (non-hydrogen) atoms. The Morgan fingerprint density at radius 1 is 1.39 bits per heavy atom. The van der Waals surface area contributed by atoms with Crippen molar-refractivity contribution < 1.29 is 14.3 Å². The van der Waals surface area contributed by atoms with Gasteiger partial charge in [0.05, 0.1) is 12.2 Å². The van der Waals surface area contributed by atoms with Gasteiger partial charge < -0.3 is 14.8 Å². The third kappa shape index (κ3) is 3.47. The zero-order chi connectivity index (χ0) is 12.8. The minimum absolute atomic E-state index is 0.229. The first-order chi connectivity index (χ1) is 8.79. The average Bonchev–Trinajstić information content (AvgIpc) is 2.41. The van der Waals surface area contributed by atoms with Gasteiger partial charge in [-0.15, -0.1) is 0 Å². The van der Waals surface area contributed by atoms with Gasteiger partial charge in [-0.1, -0.05) is 0 Å². The highest BCUT2D eigenvalue weighted by Crippen LogP contribution is 2.17. The van der Waals surface area contributed by atoms with E-state index in [2.05, 4.69) is 5.32 Å². The first-order valence-electron chi connectivity index (χ1n) is 6.44. The first-order valence-corrected chi connectivity index (χ1v) is 6.44. The number of carbonyl (C=O) groups excluding carboxylic acids is 1. The predicted molar refractivity (Wildman–Crippen MR) is 68.9 cm³/mol. The van der Waals surface area contributed by atoms with Crippen LogP contribution in [0.5, 0.6) is 5.75 Å². The van der Waals surface area contributed by atoms with E-state index >= 15 is 0 Å². The van der Waals surface area contributed by atoms with Crippen LogP contribution in [-0.2, 0) is 4.74 Å². The normalized spacial score (nSPS) is 19.3. The second-order valence-electron chi connectivity index (χ2n) is 4.33. The molecule has 4 heteroatoms. The maximum Gasteiger partial charge on any atom is 0.338 e. The van der Waals surface area contributed by atoms with E-state index in [0.717, 1.165) is 31.7 Å². The lowest BCUT2D eigenvalue weighted by Crippen LogP contribution is -2.37. The Morgan fingerprint density at radius 2 is 2.17 bits per heavy atom. The molecule has 1 aromatic carbocycles. The predicted octanol–water partition coefficient (Wildman–Crippen LogP) is 1.99. The molecule has 1 aliphatic heterocycles. The molecule has 2 rings (SSSR count). The molecule has 1 atom stereocenters. The van der Waals surface area contributed by atoms with E-state index in [9.17, 15) is 4.79 Å². The van der Waals surface area contributed by atoms with Gasteiger partial charge in [0.25, 0.3) is 0 Å². The van der Waals surface area contributed by atoms with E-state index in [0.29, 0.717) is 12.2 Å². The second-order valence-corrected chi connectivity index (χ2v) is 4.33. The smallest absolute Gasteiger partial charge is 0.338 e. The van der Waals surface area contributed by atoms with Gasteiger partial charge in [0, 0.05) is 6.54 Å². The standard InChI is InChI=1S/C14H19NO3/c1-2-17-14(16)11-5-7-12(8-6-11)18-13-4-3-9-15-10-13/h5-8,13,15H,2-4,9-10H2,1H3. The maximum absolute atomic E-state index is 11.5. The molecule has 0 saturated carbocycles. The number of ether oxygens (including phenoxy) is 2. The number of rotatable bonds is 4. The minimum atomic E-state index is -0.289. The molecule has 1 unspecified atom stereocenters. The number of hydrogen-bond donors (Lipinski definition) is 1. The topological polar surface area (TPSA) is 47.6 Å². The zero-order valence-electron chi connectivity index (χ0n) is 10.6. The molecule has 0 amide bonds. The molecule has 0 aliphatic carbocycles. The van der Waals surface area contributed by atoms with Gasteiger partial charge in [-0.25, -0.2) is 4.79 Å². The molecular formula is C14H19NO3. The number of piperidine rings is 1. The van der Waals surface area contributed by atoms with Gasteiger partial charge >= 0.3 is 5.97 Å². The Bertz CT molecular complexity index is 383. The molecule has 0 aromatic heterocycles. The number of hydrogen-bond acceptors (Lipinski definition) is 4. The highest BCUT2D eigenvalue weighted by Gasteiger charge is 2.14. The largest absolute Gasteiger partial charge is 0.489 e.